The smallest absolute Gasteiger partial charge is 0.227 e. The number of likely N-dealkylation sites (tertiary alicyclic amines) is 2. The van der Waals surface area contributed by atoms with E-state index in [0.29, 0.717) is 19.0 Å². The van der Waals surface area contributed by atoms with E-state index < -0.39 is 0 Å². The topological polar surface area (TPSA) is 40.6 Å². The Kier molecular flexibility index (Phi) is 3.76. The normalized spacial score (nSPS) is 29.3. The summed E-state index contributed by atoms with van der Waals surface area (Å²) in [6, 6.07) is 0.414. The number of nitrogens with zero attached hydrogens (tertiary/aromatic N) is 2. The Morgan fingerprint density at radius 1 is 1.00 bits per heavy atom. The molecule has 4 nitrogen and oxygen atoms in total. The van der Waals surface area contributed by atoms with Gasteiger partial charge in [0.05, 0.1) is 5.92 Å². The van der Waals surface area contributed by atoms with Crippen LogP contribution in [0, 0.1) is 5.92 Å². The second-order valence-electron chi connectivity index (χ2n) is 6.27. The highest BCUT2D eigenvalue weighted by Crippen LogP contribution is 2.29. The first-order valence-corrected chi connectivity index (χ1v) is 7.84. The zero-order valence-electron chi connectivity index (χ0n) is 11.6. The Balaban J connectivity index is 1.60. The van der Waals surface area contributed by atoms with Crippen molar-refractivity contribution in [3.8, 4) is 0 Å². The maximum absolute atomic E-state index is 12.4. The Hall–Kier alpha value is -1.06. The third-order valence-electron chi connectivity index (χ3n) is 4.94. The lowest BCUT2D eigenvalue weighted by atomic mass is 9.94. The van der Waals surface area contributed by atoms with Crippen molar-refractivity contribution in [3.63, 3.8) is 0 Å². The fraction of sp³-hybridized carbons (Fsp3) is 0.867. The Bertz CT molecular complexity index is 357. The van der Waals surface area contributed by atoms with Crippen LogP contribution in [0.1, 0.15) is 51.4 Å². The summed E-state index contributed by atoms with van der Waals surface area (Å²) in [5, 5.41) is 0. The van der Waals surface area contributed by atoms with E-state index in [9.17, 15) is 9.59 Å². The van der Waals surface area contributed by atoms with Crippen molar-refractivity contribution in [1.29, 1.82) is 0 Å². The van der Waals surface area contributed by atoms with E-state index in [2.05, 4.69) is 0 Å². The van der Waals surface area contributed by atoms with Gasteiger partial charge < -0.3 is 9.80 Å². The fourth-order valence-electron chi connectivity index (χ4n) is 3.84. The number of amides is 2. The van der Waals surface area contributed by atoms with E-state index in [4.69, 9.17) is 0 Å². The van der Waals surface area contributed by atoms with Gasteiger partial charge in [0.1, 0.15) is 0 Å². The zero-order valence-corrected chi connectivity index (χ0v) is 11.6. The minimum atomic E-state index is -0.0625. The molecule has 0 N–H and O–H groups in total. The molecule has 3 fully saturated rings. The molecule has 0 aromatic heterocycles. The van der Waals surface area contributed by atoms with Crippen LogP contribution in [0.25, 0.3) is 0 Å². The molecule has 2 saturated heterocycles. The fourth-order valence-corrected chi connectivity index (χ4v) is 3.84. The van der Waals surface area contributed by atoms with E-state index in [1.54, 1.807) is 0 Å². The van der Waals surface area contributed by atoms with Gasteiger partial charge in [-0.05, 0) is 25.7 Å². The molecule has 106 valence electrons. The molecule has 1 saturated carbocycles. The van der Waals surface area contributed by atoms with Crippen LogP contribution in [0.5, 0.6) is 0 Å². The largest absolute Gasteiger partial charge is 0.342 e. The van der Waals surface area contributed by atoms with Crippen LogP contribution in [-0.2, 0) is 9.59 Å². The molecule has 1 unspecified atom stereocenters. The average molecular weight is 264 g/mol. The van der Waals surface area contributed by atoms with Gasteiger partial charge in [-0.25, -0.2) is 0 Å². The summed E-state index contributed by atoms with van der Waals surface area (Å²) in [6.45, 7) is 2.47. The van der Waals surface area contributed by atoms with Crippen LogP contribution < -0.4 is 0 Å². The van der Waals surface area contributed by atoms with Crippen LogP contribution in [0.2, 0.25) is 0 Å². The molecule has 0 aromatic rings. The molecule has 3 aliphatic rings. The maximum Gasteiger partial charge on any atom is 0.227 e. The van der Waals surface area contributed by atoms with Gasteiger partial charge >= 0.3 is 0 Å². The SMILES string of the molecule is O=C(C1CC(=O)N(C2CCCCC2)C1)N1CCCC1. The highest BCUT2D eigenvalue weighted by molar-refractivity contribution is 5.89. The van der Waals surface area contributed by atoms with Gasteiger partial charge in [-0.1, -0.05) is 19.3 Å². The summed E-state index contributed by atoms with van der Waals surface area (Å²) in [4.78, 5) is 28.5. The zero-order chi connectivity index (χ0) is 13.2. The van der Waals surface area contributed by atoms with Gasteiger partial charge in [0.15, 0.2) is 0 Å². The van der Waals surface area contributed by atoms with Crippen molar-refractivity contribution in [3.05, 3.63) is 0 Å². The van der Waals surface area contributed by atoms with E-state index in [-0.39, 0.29) is 17.7 Å². The highest BCUT2D eigenvalue weighted by Gasteiger charge is 2.39. The molecule has 0 radical (unpaired) electrons. The number of rotatable bonds is 2. The van der Waals surface area contributed by atoms with Crippen LogP contribution >= 0.6 is 0 Å². The van der Waals surface area contributed by atoms with Gasteiger partial charge in [-0.3, -0.25) is 9.59 Å². The van der Waals surface area contributed by atoms with E-state index in [1.165, 1.54) is 19.3 Å². The molecule has 1 atom stereocenters. The van der Waals surface area contributed by atoms with Crippen molar-refractivity contribution in [1.82, 2.24) is 9.80 Å². The van der Waals surface area contributed by atoms with E-state index in [0.717, 1.165) is 38.8 Å². The number of hydrogen-bond acceptors (Lipinski definition) is 2. The van der Waals surface area contributed by atoms with Crippen LogP contribution in [0.4, 0.5) is 0 Å². The summed E-state index contributed by atoms with van der Waals surface area (Å²) >= 11 is 0. The molecule has 2 aliphatic heterocycles. The molecule has 4 heteroatoms. The van der Waals surface area contributed by atoms with Gasteiger partial charge in [0.2, 0.25) is 11.8 Å². The van der Waals surface area contributed by atoms with Crippen molar-refractivity contribution < 1.29 is 9.59 Å². The lowest BCUT2D eigenvalue weighted by Crippen LogP contribution is -2.39. The second kappa shape index (κ2) is 5.51. The first-order valence-electron chi connectivity index (χ1n) is 7.84. The minimum Gasteiger partial charge on any atom is -0.342 e. The summed E-state index contributed by atoms with van der Waals surface area (Å²) in [5.74, 6) is 0.376. The predicted octanol–water partition coefficient (Wildman–Crippen LogP) is 1.79. The molecular weight excluding hydrogens is 240 g/mol. The first kappa shape index (κ1) is 12.9. The Morgan fingerprint density at radius 2 is 1.68 bits per heavy atom. The second-order valence-corrected chi connectivity index (χ2v) is 6.27. The Labute approximate surface area is 115 Å². The lowest BCUT2D eigenvalue weighted by Gasteiger charge is -2.31. The monoisotopic (exact) mass is 264 g/mol. The molecule has 0 spiro atoms. The maximum atomic E-state index is 12.4. The summed E-state index contributed by atoms with van der Waals surface area (Å²) in [5.41, 5.74) is 0. The first-order chi connectivity index (χ1) is 9.25. The minimum absolute atomic E-state index is 0.0625. The van der Waals surface area contributed by atoms with Crippen LogP contribution in [0.15, 0.2) is 0 Å². The third kappa shape index (κ3) is 2.63. The molecule has 1 aliphatic carbocycles. The predicted molar refractivity (Wildman–Crippen MR) is 72.5 cm³/mol. The molecule has 2 amide bonds. The molecule has 19 heavy (non-hydrogen) atoms. The summed E-state index contributed by atoms with van der Waals surface area (Å²) in [7, 11) is 0. The summed E-state index contributed by atoms with van der Waals surface area (Å²) in [6.07, 6.45) is 8.74. The number of carbonyl (C=O) groups is 2. The molecule has 2 heterocycles. The van der Waals surface area contributed by atoms with Gasteiger partial charge in [0.25, 0.3) is 0 Å². The molecule has 0 bridgehead atoms. The quantitative estimate of drug-likeness (QED) is 0.763. The van der Waals surface area contributed by atoms with Crippen molar-refractivity contribution in [2.75, 3.05) is 19.6 Å². The standard InChI is InChI=1S/C15H24N2O2/c18-14-10-12(15(19)16-8-4-5-9-16)11-17(14)13-6-2-1-3-7-13/h12-13H,1-11H2. The number of hydrogen-bond donors (Lipinski definition) is 0. The molecule has 0 aromatic carbocycles. The van der Waals surface area contributed by atoms with Crippen molar-refractivity contribution >= 4 is 11.8 Å². The van der Waals surface area contributed by atoms with E-state index >= 15 is 0 Å². The van der Waals surface area contributed by atoms with Crippen molar-refractivity contribution in [2.45, 2.75) is 57.4 Å². The van der Waals surface area contributed by atoms with E-state index in [1.807, 2.05) is 9.80 Å². The lowest BCUT2D eigenvalue weighted by molar-refractivity contribution is -0.134. The van der Waals surface area contributed by atoms with Crippen molar-refractivity contribution in [2.24, 2.45) is 5.92 Å². The average Bonchev–Trinajstić information content (AvgIpc) is 3.08. The molecule has 3 rings (SSSR count). The van der Waals surface area contributed by atoms with Gasteiger partial charge in [0, 0.05) is 32.1 Å². The van der Waals surface area contributed by atoms with Crippen LogP contribution in [0.3, 0.4) is 0 Å². The van der Waals surface area contributed by atoms with Crippen LogP contribution in [-0.4, -0.2) is 47.3 Å². The highest BCUT2D eigenvalue weighted by atomic mass is 16.2. The third-order valence-corrected chi connectivity index (χ3v) is 4.94. The Morgan fingerprint density at radius 3 is 2.37 bits per heavy atom. The van der Waals surface area contributed by atoms with Gasteiger partial charge in [-0.15, -0.1) is 0 Å². The molecular formula is C15H24N2O2. The van der Waals surface area contributed by atoms with Gasteiger partial charge in [-0.2, -0.15) is 0 Å². The summed E-state index contributed by atoms with van der Waals surface area (Å²) < 4.78 is 0. The number of carbonyl (C=O) groups excluding carboxylic acids is 2.